The molecule has 0 spiro atoms. The van der Waals surface area contributed by atoms with Gasteiger partial charge in [0.05, 0.1) is 19.0 Å². The van der Waals surface area contributed by atoms with Gasteiger partial charge in [0.2, 0.25) is 5.91 Å². The molecule has 0 atom stereocenters. The molecular weight excluding hydrogens is 393 g/mol. The summed E-state index contributed by atoms with van der Waals surface area (Å²) in [5, 5.41) is 2.57. The first-order chi connectivity index (χ1) is 14.0. The maximum Gasteiger partial charge on any atom is 0.271 e. The van der Waals surface area contributed by atoms with E-state index in [9.17, 15) is 14.0 Å². The summed E-state index contributed by atoms with van der Waals surface area (Å²) >= 11 is 1.32. The van der Waals surface area contributed by atoms with Crippen LogP contribution in [0.4, 0.5) is 10.1 Å². The van der Waals surface area contributed by atoms with Crippen molar-refractivity contribution >= 4 is 33.1 Å². The van der Waals surface area contributed by atoms with Gasteiger partial charge in [-0.3, -0.25) is 14.2 Å². The van der Waals surface area contributed by atoms with Gasteiger partial charge >= 0.3 is 0 Å². The fraction of sp³-hybridized carbons (Fsp3) is 0.0952. The molecule has 1 N–H and O–H groups in total. The predicted octanol–water partition coefficient (Wildman–Crippen LogP) is 3.91. The molecule has 0 aliphatic rings. The third-order valence-electron chi connectivity index (χ3n) is 4.30. The van der Waals surface area contributed by atoms with E-state index in [0.717, 1.165) is 16.2 Å². The SMILES string of the molecule is COc1ccc(-c2cc3ncn(CC(=O)Nc4cccc(F)c4)c(=O)c3s2)cc1. The van der Waals surface area contributed by atoms with Gasteiger partial charge < -0.3 is 10.1 Å². The molecule has 0 aliphatic carbocycles. The number of methoxy groups -OCH3 is 1. The van der Waals surface area contributed by atoms with Gasteiger partial charge in [-0.15, -0.1) is 11.3 Å². The maximum absolute atomic E-state index is 13.2. The Morgan fingerprint density at radius 3 is 2.72 bits per heavy atom. The van der Waals surface area contributed by atoms with E-state index in [1.54, 1.807) is 13.2 Å². The molecule has 0 bridgehead atoms. The predicted molar refractivity (Wildman–Crippen MR) is 111 cm³/mol. The Labute approximate surface area is 169 Å². The molecule has 8 heteroatoms. The number of ether oxygens (including phenoxy) is 1. The van der Waals surface area contributed by atoms with Gasteiger partial charge in [-0.05, 0) is 54.1 Å². The number of nitrogens with zero attached hydrogens (tertiary/aromatic N) is 2. The average Bonchev–Trinajstić information content (AvgIpc) is 3.15. The number of thiophene rings is 1. The van der Waals surface area contributed by atoms with Crippen LogP contribution in [0.25, 0.3) is 20.7 Å². The summed E-state index contributed by atoms with van der Waals surface area (Å²) in [7, 11) is 1.60. The first-order valence-corrected chi connectivity index (χ1v) is 9.54. The van der Waals surface area contributed by atoms with E-state index in [2.05, 4.69) is 10.3 Å². The highest BCUT2D eigenvalue weighted by Gasteiger charge is 2.13. The number of halogens is 1. The van der Waals surface area contributed by atoms with E-state index >= 15 is 0 Å². The summed E-state index contributed by atoms with van der Waals surface area (Å²) in [6.07, 6.45) is 1.35. The standard InChI is InChI=1S/C21H16FN3O3S/c1-28-16-7-5-13(6-8-16)18-10-17-20(29-18)21(27)25(12-23-17)11-19(26)24-15-4-2-3-14(22)9-15/h2-10,12H,11H2,1H3,(H,24,26). The zero-order chi connectivity index (χ0) is 20.4. The lowest BCUT2D eigenvalue weighted by molar-refractivity contribution is -0.116. The fourth-order valence-electron chi connectivity index (χ4n) is 2.88. The van der Waals surface area contributed by atoms with Crippen molar-refractivity contribution in [2.75, 3.05) is 12.4 Å². The number of hydrogen-bond acceptors (Lipinski definition) is 5. The van der Waals surface area contributed by atoms with Crippen LogP contribution in [-0.2, 0) is 11.3 Å². The summed E-state index contributed by atoms with van der Waals surface area (Å²) in [5.41, 5.74) is 1.56. The van der Waals surface area contributed by atoms with Gasteiger partial charge in [-0.25, -0.2) is 9.37 Å². The van der Waals surface area contributed by atoms with Crippen molar-refractivity contribution in [3.63, 3.8) is 0 Å². The molecule has 29 heavy (non-hydrogen) atoms. The fourth-order valence-corrected chi connectivity index (χ4v) is 3.94. The number of benzene rings is 2. The van der Waals surface area contributed by atoms with Crippen molar-refractivity contribution in [2.24, 2.45) is 0 Å². The monoisotopic (exact) mass is 409 g/mol. The van der Waals surface area contributed by atoms with E-state index in [-0.39, 0.29) is 12.1 Å². The lowest BCUT2D eigenvalue weighted by atomic mass is 10.2. The Morgan fingerprint density at radius 1 is 1.21 bits per heavy atom. The van der Waals surface area contributed by atoms with Crippen LogP contribution in [-0.4, -0.2) is 22.6 Å². The van der Waals surface area contributed by atoms with Crippen molar-refractivity contribution in [1.82, 2.24) is 9.55 Å². The summed E-state index contributed by atoms with van der Waals surface area (Å²) in [4.78, 5) is 30.2. The van der Waals surface area contributed by atoms with Gasteiger partial charge in [-0.2, -0.15) is 0 Å². The van der Waals surface area contributed by atoms with Crippen molar-refractivity contribution in [2.45, 2.75) is 6.54 Å². The van der Waals surface area contributed by atoms with Gasteiger partial charge in [0.25, 0.3) is 5.56 Å². The second-order valence-electron chi connectivity index (χ2n) is 6.29. The Hall–Kier alpha value is -3.52. The molecule has 2 heterocycles. The number of hydrogen-bond donors (Lipinski definition) is 1. The maximum atomic E-state index is 13.2. The lowest BCUT2D eigenvalue weighted by Gasteiger charge is -2.07. The number of carbonyl (C=O) groups excluding carboxylic acids is 1. The Kier molecular flexibility index (Phi) is 5.09. The van der Waals surface area contributed by atoms with Gasteiger partial charge in [0, 0.05) is 10.6 Å². The number of anilines is 1. The highest BCUT2D eigenvalue weighted by Crippen LogP contribution is 2.31. The van der Waals surface area contributed by atoms with Crippen LogP contribution in [0.15, 0.2) is 65.7 Å². The lowest BCUT2D eigenvalue weighted by Crippen LogP contribution is -2.27. The first kappa shape index (κ1) is 18.8. The summed E-state index contributed by atoms with van der Waals surface area (Å²) in [5.74, 6) is -0.141. The largest absolute Gasteiger partial charge is 0.497 e. The number of nitrogens with one attached hydrogen (secondary N) is 1. The molecule has 2 aromatic heterocycles. The molecule has 1 amide bonds. The minimum atomic E-state index is -0.451. The van der Waals surface area contributed by atoms with Gasteiger partial charge in [-0.1, -0.05) is 6.07 Å². The third kappa shape index (κ3) is 4.02. The van der Waals surface area contributed by atoms with Crippen LogP contribution in [0.3, 0.4) is 0 Å². The Morgan fingerprint density at radius 2 is 2.00 bits per heavy atom. The van der Waals surface area contributed by atoms with Crippen LogP contribution in [0.5, 0.6) is 5.75 Å². The normalized spacial score (nSPS) is 10.8. The minimum absolute atomic E-state index is 0.214. The quantitative estimate of drug-likeness (QED) is 0.542. The number of fused-ring (bicyclic) bond motifs is 1. The highest BCUT2D eigenvalue weighted by atomic mass is 32.1. The van der Waals surface area contributed by atoms with Crippen molar-refractivity contribution < 1.29 is 13.9 Å². The molecule has 0 saturated heterocycles. The van der Waals surface area contributed by atoms with E-state index < -0.39 is 11.7 Å². The number of carbonyl (C=O) groups is 1. The minimum Gasteiger partial charge on any atom is -0.497 e. The molecule has 4 aromatic rings. The first-order valence-electron chi connectivity index (χ1n) is 8.72. The molecule has 0 aliphatic heterocycles. The van der Waals surface area contributed by atoms with Crippen molar-refractivity contribution in [1.29, 1.82) is 0 Å². The van der Waals surface area contributed by atoms with Gasteiger partial charge in [0.1, 0.15) is 22.8 Å². The van der Waals surface area contributed by atoms with Crippen molar-refractivity contribution in [3.05, 3.63) is 77.1 Å². The second-order valence-corrected chi connectivity index (χ2v) is 7.34. The van der Waals surface area contributed by atoms with E-state index in [0.29, 0.717) is 15.9 Å². The van der Waals surface area contributed by atoms with E-state index in [1.807, 2.05) is 30.3 Å². The molecule has 146 valence electrons. The Balaban J connectivity index is 1.58. The smallest absolute Gasteiger partial charge is 0.271 e. The summed E-state index contributed by atoms with van der Waals surface area (Å²) in [6.45, 7) is -0.214. The van der Waals surface area contributed by atoms with Gasteiger partial charge in [0.15, 0.2) is 0 Å². The molecule has 0 radical (unpaired) electrons. The molecular formula is C21H16FN3O3S. The Bertz CT molecular complexity index is 1250. The van der Waals surface area contributed by atoms with Crippen LogP contribution in [0.1, 0.15) is 0 Å². The van der Waals surface area contributed by atoms with Crippen molar-refractivity contribution in [3.8, 4) is 16.2 Å². The average molecular weight is 409 g/mol. The molecule has 2 aromatic carbocycles. The summed E-state index contributed by atoms with van der Waals surface area (Å²) < 4.78 is 20.1. The zero-order valence-corrected chi connectivity index (χ0v) is 16.2. The molecule has 0 fully saturated rings. The zero-order valence-electron chi connectivity index (χ0n) is 15.4. The topological polar surface area (TPSA) is 73.2 Å². The van der Waals surface area contributed by atoms with Crippen LogP contribution < -0.4 is 15.6 Å². The molecule has 6 nitrogen and oxygen atoms in total. The van der Waals surface area contributed by atoms with Crippen LogP contribution in [0.2, 0.25) is 0 Å². The van der Waals surface area contributed by atoms with Crippen LogP contribution in [0, 0.1) is 5.82 Å². The number of amides is 1. The van der Waals surface area contributed by atoms with Crippen LogP contribution >= 0.6 is 11.3 Å². The molecule has 0 unspecified atom stereocenters. The molecule has 4 rings (SSSR count). The molecule has 0 saturated carbocycles. The summed E-state index contributed by atoms with van der Waals surface area (Å²) in [6, 6.07) is 14.9. The third-order valence-corrected chi connectivity index (χ3v) is 5.46. The van der Waals surface area contributed by atoms with E-state index in [1.165, 1.54) is 40.4 Å². The number of aromatic nitrogens is 2. The number of rotatable bonds is 5. The second kappa shape index (κ2) is 7.84. The highest BCUT2D eigenvalue weighted by molar-refractivity contribution is 7.22. The van der Waals surface area contributed by atoms with E-state index in [4.69, 9.17) is 4.74 Å².